The van der Waals surface area contributed by atoms with Crippen LogP contribution in [0.4, 0.5) is 0 Å². The minimum atomic E-state index is 0.218. The van der Waals surface area contributed by atoms with Crippen molar-refractivity contribution in [3.63, 3.8) is 0 Å². The summed E-state index contributed by atoms with van der Waals surface area (Å²) in [5.41, 5.74) is 0. The molecule has 2 unspecified atom stereocenters. The quantitative estimate of drug-likeness (QED) is 0.569. The van der Waals surface area contributed by atoms with E-state index in [2.05, 4.69) is 24.0 Å². The Balaban J connectivity index is 2.23. The van der Waals surface area contributed by atoms with Crippen LogP contribution in [0.1, 0.15) is 19.8 Å². The van der Waals surface area contributed by atoms with Crippen molar-refractivity contribution in [2.75, 3.05) is 6.54 Å². The number of hydrogen-bond acceptors (Lipinski definition) is 2. The van der Waals surface area contributed by atoms with Gasteiger partial charge in [0.2, 0.25) is 0 Å². The Morgan fingerprint density at radius 2 is 2.38 bits per heavy atom. The summed E-state index contributed by atoms with van der Waals surface area (Å²) in [5, 5.41) is 0. The topological polar surface area (TPSA) is 20.3 Å². The van der Waals surface area contributed by atoms with Crippen LogP contribution in [0.2, 0.25) is 0 Å². The van der Waals surface area contributed by atoms with E-state index in [1.165, 1.54) is 0 Å². The normalized spacial score (nSPS) is 32.1. The Kier molecular flexibility index (Phi) is 2.21. The highest BCUT2D eigenvalue weighted by Crippen LogP contribution is 2.26. The van der Waals surface area contributed by atoms with Crippen LogP contribution in [0, 0.1) is 5.92 Å². The van der Waals surface area contributed by atoms with Crippen LogP contribution in [-0.2, 0) is 4.79 Å². The number of hydrogen-bond donors (Lipinski definition) is 0. The van der Waals surface area contributed by atoms with Crippen molar-refractivity contribution in [2.24, 2.45) is 5.92 Å². The molecule has 70 valence electrons. The molecular formula is C11H15NO. The number of carbonyl (C=O) groups excluding carboxylic acids is 1. The van der Waals surface area contributed by atoms with Gasteiger partial charge in [-0.05, 0) is 18.9 Å². The molecule has 2 heterocycles. The summed E-state index contributed by atoms with van der Waals surface area (Å²) < 4.78 is 0. The van der Waals surface area contributed by atoms with E-state index in [-0.39, 0.29) is 5.92 Å². The number of rotatable bonds is 1. The molecule has 0 fully saturated rings. The van der Waals surface area contributed by atoms with E-state index in [0.717, 1.165) is 19.4 Å². The van der Waals surface area contributed by atoms with E-state index in [0.29, 0.717) is 11.8 Å². The van der Waals surface area contributed by atoms with E-state index in [1.807, 2.05) is 6.20 Å². The van der Waals surface area contributed by atoms with Gasteiger partial charge in [0.1, 0.15) is 0 Å². The molecule has 0 amide bonds. The molecule has 0 aromatic carbocycles. The third kappa shape index (κ3) is 1.41. The summed E-state index contributed by atoms with van der Waals surface area (Å²) >= 11 is 0. The van der Waals surface area contributed by atoms with Crippen LogP contribution in [0.15, 0.2) is 24.4 Å². The number of ketones is 1. The molecule has 0 aliphatic carbocycles. The zero-order valence-electron chi connectivity index (χ0n) is 7.94. The summed E-state index contributed by atoms with van der Waals surface area (Å²) in [7, 11) is 0. The maximum absolute atomic E-state index is 11.5. The standard InChI is InChI=1S/C11H15NO/c1-2-9-10-5-3-4-7-12(10)8-6-11(9)13/h3-4,6,8-10H,2,5,7H2,1H3. The molecule has 13 heavy (non-hydrogen) atoms. The van der Waals surface area contributed by atoms with E-state index >= 15 is 0 Å². The fourth-order valence-electron chi connectivity index (χ4n) is 2.23. The molecule has 0 saturated heterocycles. The lowest BCUT2D eigenvalue weighted by atomic mass is 9.85. The maximum atomic E-state index is 11.5. The van der Waals surface area contributed by atoms with Crippen LogP contribution < -0.4 is 0 Å². The Morgan fingerprint density at radius 3 is 3.15 bits per heavy atom. The molecule has 0 spiro atoms. The van der Waals surface area contributed by atoms with E-state index in [9.17, 15) is 4.79 Å². The minimum absolute atomic E-state index is 0.218. The smallest absolute Gasteiger partial charge is 0.162 e. The predicted octanol–water partition coefficient (Wildman–Crippen LogP) is 1.74. The highest BCUT2D eigenvalue weighted by atomic mass is 16.1. The second-order valence-electron chi connectivity index (χ2n) is 3.70. The van der Waals surface area contributed by atoms with E-state index in [4.69, 9.17) is 0 Å². The average molecular weight is 177 g/mol. The Bertz CT molecular complexity index is 267. The predicted molar refractivity (Wildman–Crippen MR) is 52.2 cm³/mol. The monoisotopic (exact) mass is 177 g/mol. The molecule has 2 atom stereocenters. The molecule has 2 nitrogen and oxygen atoms in total. The van der Waals surface area contributed by atoms with Crippen LogP contribution in [0.25, 0.3) is 0 Å². The zero-order chi connectivity index (χ0) is 9.26. The highest BCUT2D eigenvalue weighted by molar-refractivity contribution is 5.93. The largest absolute Gasteiger partial charge is 0.370 e. The number of nitrogens with zero attached hydrogens (tertiary/aromatic N) is 1. The second kappa shape index (κ2) is 3.36. The Hall–Kier alpha value is -1.05. The molecule has 0 saturated carbocycles. The maximum Gasteiger partial charge on any atom is 0.162 e. The van der Waals surface area contributed by atoms with Gasteiger partial charge in [-0.25, -0.2) is 0 Å². The first-order chi connectivity index (χ1) is 6.33. The summed E-state index contributed by atoms with van der Waals surface area (Å²) in [6, 6.07) is 0.424. The lowest BCUT2D eigenvalue weighted by molar-refractivity contribution is -0.121. The first-order valence-corrected chi connectivity index (χ1v) is 4.95. The molecule has 2 rings (SSSR count). The van der Waals surface area contributed by atoms with Gasteiger partial charge in [0, 0.05) is 24.7 Å². The minimum Gasteiger partial charge on any atom is -0.370 e. The van der Waals surface area contributed by atoms with Crippen molar-refractivity contribution < 1.29 is 4.79 Å². The SMILES string of the molecule is CCC1C(=O)C=CN2CC=CCC12. The van der Waals surface area contributed by atoms with Gasteiger partial charge >= 0.3 is 0 Å². The second-order valence-corrected chi connectivity index (χ2v) is 3.70. The molecule has 0 N–H and O–H groups in total. The van der Waals surface area contributed by atoms with Gasteiger partial charge in [-0.1, -0.05) is 19.1 Å². The lowest BCUT2D eigenvalue weighted by Gasteiger charge is -2.39. The van der Waals surface area contributed by atoms with Gasteiger partial charge in [-0.2, -0.15) is 0 Å². The van der Waals surface area contributed by atoms with Gasteiger partial charge in [-0.3, -0.25) is 4.79 Å². The molecule has 0 bridgehead atoms. The first kappa shape index (κ1) is 8.54. The summed E-state index contributed by atoms with van der Waals surface area (Å²) in [6.45, 7) is 3.06. The summed E-state index contributed by atoms with van der Waals surface area (Å²) in [5.74, 6) is 0.522. The van der Waals surface area contributed by atoms with Gasteiger partial charge in [0.25, 0.3) is 0 Å². The van der Waals surface area contributed by atoms with Crippen molar-refractivity contribution in [3.8, 4) is 0 Å². The third-order valence-electron chi connectivity index (χ3n) is 2.99. The molecular weight excluding hydrogens is 162 g/mol. The van der Waals surface area contributed by atoms with Gasteiger partial charge < -0.3 is 4.90 Å². The molecule has 0 aromatic rings. The molecule has 2 aliphatic heterocycles. The average Bonchev–Trinajstić information content (AvgIpc) is 2.18. The van der Waals surface area contributed by atoms with Crippen LogP contribution in [0.3, 0.4) is 0 Å². The number of fused-ring (bicyclic) bond motifs is 1. The third-order valence-corrected chi connectivity index (χ3v) is 2.99. The molecule has 0 aromatic heterocycles. The summed E-state index contributed by atoms with van der Waals surface area (Å²) in [4.78, 5) is 13.8. The van der Waals surface area contributed by atoms with E-state index in [1.54, 1.807) is 6.08 Å². The Labute approximate surface area is 78.9 Å². The number of allylic oxidation sites excluding steroid dienone is 1. The van der Waals surface area contributed by atoms with Gasteiger partial charge in [-0.15, -0.1) is 0 Å². The van der Waals surface area contributed by atoms with E-state index < -0.39 is 0 Å². The fourth-order valence-corrected chi connectivity index (χ4v) is 2.23. The molecule has 2 heteroatoms. The van der Waals surface area contributed by atoms with Crippen molar-refractivity contribution >= 4 is 5.78 Å². The lowest BCUT2D eigenvalue weighted by Crippen LogP contribution is -2.44. The first-order valence-electron chi connectivity index (χ1n) is 4.95. The van der Waals surface area contributed by atoms with Crippen LogP contribution >= 0.6 is 0 Å². The summed E-state index contributed by atoms with van der Waals surface area (Å²) in [6.07, 6.45) is 10.0. The fraction of sp³-hybridized carbons (Fsp3) is 0.545. The van der Waals surface area contributed by atoms with Gasteiger partial charge in [0.05, 0.1) is 0 Å². The van der Waals surface area contributed by atoms with Crippen LogP contribution in [0.5, 0.6) is 0 Å². The van der Waals surface area contributed by atoms with Gasteiger partial charge in [0.15, 0.2) is 5.78 Å². The Morgan fingerprint density at radius 1 is 1.54 bits per heavy atom. The highest BCUT2D eigenvalue weighted by Gasteiger charge is 2.32. The van der Waals surface area contributed by atoms with Crippen molar-refractivity contribution in [1.29, 1.82) is 0 Å². The molecule has 2 aliphatic rings. The van der Waals surface area contributed by atoms with Crippen molar-refractivity contribution in [1.82, 2.24) is 4.90 Å². The van der Waals surface area contributed by atoms with Crippen molar-refractivity contribution in [3.05, 3.63) is 24.4 Å². The zero-order valence-corrected chi connectivity index (χ0v) is 7.94. The molecule has 0 radical (unpaired) electrons. The number of carbonyl (C=O) groups is 1. The van der Waals surface area contributed by atoms with Crippen LogP contribution in [-0.4, -0.2) is 23.3 Å². The van der Waals surface area contributed by atoms with Crippen molar-refractivity contribution in [2.45, 2.75) is 25.8 Å².